The van der Waals surface area contributed by atoms with Crippen LogP contribution in [0, 0.1) is 0 Å². The summed E-state index contributed by atoms with van der Waals surface area (Å²) in [5.41, 5.74) is 0. The van der Waals surface area contributed by atoms with Crippen LogP contribution in [0.25, 0.3) is 0 Å². The molecule has 0 aromatic rings. The number of thioether (sulfide) groups is 1. The van der Waals surface area contributed by atoms with E-state index in [1.54, 1.807) is 0 Å². The number of nitrogens with one attached hydrogen (secondary N) is 1. The third-order valence-corrected chi connectivity index (χ3v) is 3.14. The van der Waals surface area contributed by atoms with Crippen molar-refractivity contribution in [3.63, 3.8) is 0 Å². The van der Waals surface area contributed by atoms with Gasteiger partial charge in [-0.1, -0.05) is 0 Å². The molecule has 7 heavy (non-hydrogen) atoms. The van der Waals surface area contributed by atoms with E-state index in [2.05, 4.69) is 17.1 Å². The summed E-state index contributed by atoms with van der Waals surface area (Å²) < 4.78 is 0. The van der Waals surface area contributed by atoms with Crippen molar-refractivity contribution in [2.75, 3.05) is 12.3 Å². The molecule has 0 aliphatic carbocycles. The van der Waals surface area contributed by atoms with Crippen LogP contribution >= 0.6 is 11.8 Å². The van der Waals surface area contributed by atoms with Gasteiger partial charge in [0, 0.05) is 23.6 Å². The molecule has 0 aromatic carbocycles. The van der Waals surface area contributed by atoms with Crippen molar-refractivity contribution in [3.8, 4) is 0 Å². The number of hydrogen-bond acceptors (Lipinski definition) is 2. The molecule has 2 saturated heterocycles. The summed E-state index contributed by atoms with van der Waals surface area (Å²) in [6.45, 7) is 1.27. The Morgan fingerprint density at radius 2 is 2.57 bits per heavy atom. The van der Waals surface area contributed by atoms with Crippen LogP contribution in [0.15, 0.2) is 0 Å². The van der Waals surface area contributed by atoms with Crippen molar-refractivity contribution in [1.82, 2.24) is 5.32 Å². The van der Waals surface area contributed by atoms with E-state index >= 15 is 0 Å². The van der Waals surface area contributed by atoms with Gasteiger partial charge in [-0.05, 0) is 6.42 Å². The lowest BCUT2D eigenvalue weighted by Crippen LogP contribution is -2.26. The fraction of sp³-hybridized carbons (Fsp3) is 1.00. The Labute approximate surface area is 47.9 Å². The molecule has 1 unspecified atom stereocenters. The molecular formula is C5H9NS. The number of fused-ring (bicyclic) bond motifs is 2. The molecule has 2 heterocycles. The molecule has 2 fully saturated rings. The topological polar surface area (TPSA) is 12.0 Å². The fourth-order valence-electron chi connectivity index (χ4n) is 1.29. The van der Waals surface area contributed by atoms with E-state index in [0.717, 1.165) is 11.3 Å². The Bertz CT molecular complexity index is 66.1. The maximum atomic E-state index is 3.44. The third-order valence-electron chi connectivity index (χ3n) is 1.71. The molecule has 2 atom stereocenters. The molecule has 2 heteroatoms. The predicted octanol–water partition coefficient (Wildman–Crippen LogP) is 0.464. The van der Waals surface area contributed by atoms with Crippen molar-refractivity contribution in [2.24, 2.45) is 0 Å². The zero-order chi connectivity index (χ0) is 4.69. The van der Waals surface area contributed by atoms with E-state index in [-0.39, 0.29) is 0 Å². The summed E-state index contributed by atoms with van der Waals surface area (Å²) in [4.78, 5) is 0. The molecule has 0 aromatic heterocycles. The summed E-state index contributed by atoms with van der Waals surface area (Å²) >= 11 is 2.13. The highest BCUT2D eigenvalue weighted by Crippen LogP contribution is 2.30. The SMILES string of the molecule is C1S[C@H]2CNC1C2. The first-order valence-electron chi connectivity index (χ1n) is 2.80. The van der Waals surface area contributed by atoms with E-state index < -0.39 is 0 Å². The van der Waals surface area contributed by atoms with Crippen LogP contribution in [0.3, 0.4) is 0 Å². The Morgan fingerprint density at radius 1 is 1.57 bits per heavy atom. The highest BCUT2D eigenvalue weighted by Gasteiger charge is 2.30. The van der Waals surface area contributed by atoms with Crippen LogP contribution in [0.4, 0.5) is 0 Å². The van der Waals surface area contributed by atoms with Gasteiger partial charge in [-0.2, -0.15) is 11.8 Å². The molecule has 2 rings (SSSR count). The fourth-order valence-corrected chi connectivity index (χ4v) is 2.63. The highest BCUT2D eigenvalue weighted by atomic mass is 32.2. The first-order valence-corrected chi connectivity index (χ1v) is 3.85. The summed E-state index contributed by atoms with van der Waals surface area (Å²) in [6.07, 6.45) is 1.44. The molecule has 40 valence electrons. The minimum atomic E-state index is 0.884. The quantitative estimate of drug-likeness (QED) is 0.492. The molecule has 1 N–H and O–H groups in total. The minimum Gasteiger partial charge on any atom is -0.312 e. The molecule has 1 nitrogen and oxygen atoms in total. The van der Waals surface area contributed by atoms with Gasteiger partial charge < -0.3 is 5.32 Å². The Balaban J connectivity index is 2.12. The van der Waals surface area contributed by atoms with Crippen molar-refractivity contribution < 1.29 is 0 Å². The lowest BCUT2D eigenvalue weighted by Gasteiger charge is -2.08. The molecule has 0 amide bonds. The Kier molecular flexibility index (Phi) is 0.837. The zero-order valence-electron chi connectivity index (χ0n) is 4.18. The summed E-state index contributed by atoms with van der Waals surface area (Å²) in [6, 6.07) is 0.884. The van der Waals surface area contributed by atoms with E-state index in [9.17, 15) is 0 Å². The van der Waals surface area contributed by atoms with Gasteiger partial charge in [-0.25, -0.2) is 0 Å². The summed E-state index contributed by atoms with van der Waals surface area (Å²) in [7, 11) is 0. The first-order chi connectivity index (χ1) is 3.45. The van der Waals surface area contributed by atoms with Crippen LogP contribution in [0.1, 0.15) is 6.42 Å². The lowest BCUT2D eigenvalue weighted by atomic mass is 10.3. The van der Waals surface area contributed by atoms with Crippen molar-refractivity contribution >= 4 is 11.8 Å². The van der Waals surface area contributed by atoms with Gasteiger partial charge >= 0.3 is 0 Å². The van der Waals surface area contributed by atoms with Crippen LogP contribution in [-0.2, 0) is 0 Å². The number of rotatable bonds is 0. The van der Waals surface area contributed by atoms with Crippen molar-refractivity contribution in [2.45, 2.75) is 17.7 Å². The monoisotopic (exact) mass is 115 g/mol. The van der Waals surface area contributed by atoms with E-state index in [4.69, 9.17) is 0 Å². The minimum absolute atomic E-state index is 0.884. The molecule has 2 bridgehead atoms. The van der Waals surface area contributed by atoms with Gasteiger partial charge in [-0.3, -0.25) is 0 Å². The van der Waals surface area contributed by atoms with Crippen molar-refractivity contribution in [3.05, 3.63) is 0 Å². The smallest absolute Gasteiger partial charge is 0.0188 e. The predicted molar refractivity (Wildman–Crippen MR) is 32.7 cm³/mol. The van der Waals surface area contributed by atoms with Crippen LogP contribution < -0.4 is 5.32 Å². The maximum absolute atomic E-state index is 3.44. The van der Waals surface area contributed by atoms with Gasteiger partial charge in [0.2, 0.25) is 0 Å². The second kappa shape index (κ2) is 1.39. The Hall–Kier alpha value is 0.310. The normalized spacial score (nSPS) is 48.0. The van der Waals surface area contributed by atoms with Crippen LogP contribution in [0.2, 0.25) is 0 Å². The lowest BCUT2D eigenvalue weighted by molar-refractivity contribution is 0.679. The van der Waals surface area contributed by atoms with Gasteiger partial charge in [-0.15, -0.1) is 0 Å². The summed E-state index contributed by atoms with van der Waals surface area (Å²) in [5, 5.41) is 4.41. The third kappa shape index (κ3) is 0.572. The molecule has 0 spiro atoms. The second-order valence-electron chi connectivity index (χ2n) is 2.30. The summed E-state index contributed by atoms with van der Waals surface area (Å²) in [5.74, 6) is 1.37. The van der Waals surface area contributed by atoms with Crippen LogP contribution in [-0.4, -0.2) is 23.6 Å². The average Bonchev–Trinajstić information content (AvgIpc) is 2.22. The highest BCUT2D eigenvalue weighted by molar-refractivity contribution is 8.00. The average molecular weight is 115 g/mol. The van der Waals surface area contributed by atoms with Gasteiger partial charge in [0.1, 0.15) is 0 Å². The van der Waals surface area contributed by atoms with Gasteiger partial charge in [0.15, 0.2) is 0 Å². The van der Waals surface area contributed by atoms with Crippen LogP contribution in [0.5, 0.6) is 0 Å². The Morgan fingerprint density at radius 3 is 2.71 bits per heavy atom. The largest absolute Gasteiger partial charge is 0.312 e. The maximum Gasteiger partial charge on any atom is 0.0188 e. The van der Waals surface area contributed by atoms with Gasteiger partial charge in [0.05, 0.1) is 0 Å². The number of hydrogen-bond donors (Lipinski definition) is 1. The molecule has 0 saturated carbocycles. The standard InChI is InChI=1S/C5H9NS/c1-4-3-7-5(1)2-6-4/h4-6H,1-3H2/t4?,5-/m1/s1. The molecular weight excluding hydrogens is 106 g/mol. The zero-order valence-corrected chi connectivity index (χ0v) is 5.00. The molecule has 0 radical (unpaired) electrons. The van der Waals surface area contributed by atoms with Crippen molar-refractivity contribution in [1.29, 1.82) is 0 Å². The van der Waals surface area contributed by atoms with E-state index in [1.165, 1.54) is 18.7 Å². The molecule has 2 aliphatic heterocycles. The van der Waals surface area contributed by atoms with Gasteiger partial charge in [0.25, 0.3) is 0 Å². The molecule has 2 aliphatic rings. The second-order valence-corrected chi connectivity index (χ2v) is 3.63. The first kappa shape index (κ1) is 4.21. The van der Waals surface area contributed by atoms with E-state index in [0.29, 0.717) is 0 Å². The van der Waals surface area contributed by atoms with E-state index in [1.807, 2.05) is 0 Å².